The molecule has 7 aromatic heterocycles. The van der Waals surface area contributed by atoms with Crippen LogP contribution >= 0.6 is 22.7 Å². The second-order valence-electron chi connectivity index (χ2n) is 33.1. The molecule has 1 aliphatic carbocycles. The molecule has 0 saturated carbocycles. The molecule has 0 bridgehead atoms. The Hall–Kier alpha value is -11.8. The van der Waals surface area contributed by atoms with Crippen LogP contribution in [0.5, 0.6) is 0 Å². The van der Waals surface area contributed by atoms with Gasteiger partial charge in [-0.2, -0.15) is 0 Å². The minimum Gasteiger partial charge on any atom is -0.512 e. The van der Waals surface area contributed by atoms with Gasteiger partial charge in [-0.1, -0.05) is 217 Å². The van der Waals surface area contributed by atoms with E-state index in [0.717, 1.165) is 72.7 Å². The minimum atomic E-state index is -0.125. The van der Waals surface area contributed by atoms with Gasteiger partial charge >= 0.3 is 0 Å². The van der Waals surface area contributed by atoms with Crippen LogP contribution < -0.4 is 0 Å². The van der Waals surface area contributed by atoms with E-state index in [4.69, 9.17) is 35.5 Å². The maximum atomic E-state index is 10.0. The molecule has 138 heavy (non-hydrogen) atoms. The molecule has 0 atom stereocenters. The molecule has 1 aliphatic rings. The summed E-state index contributed by atoms with van der Waals surface area (Å²) in [6.07, 6.45) is 11.4. The first-order valence-corrected chi connectivity index (χ1v) is 44.8. The number of nitrogens with zero attached hydrogens (tertiary/aromatic N) is 5. The molecule has 0 unspecified atom stereocenters. The number of carbonyl (C=O) groups excluding carboxylic acids is 5. The van der Waals surface area contributed by atoms with Crippen LogP contribution in [0.4, 0.5) is 0 Å². The van der Waals surface area contributed by atoms with Crippen molar-refractivity contribution in [1.82, 2.24) is 24.9 Å². The molecule has 721 valence electrons. The van der Waals surface area contributed by atoms with E-state index < -0.39 is 0 Å². The van der Waals surface area contributed by atoms with E-state index in [2.05, 4.69) is 275 Å². The molecular weight excluding hydrogens is 2650 g/mol. The molecule has 10 aromatic carbocycles. The van der Waals surface area contributed by atoms with E-state index in [9.17, 15) is 24.0 Å². The third kappa shape index (κ3) is 35.6. The van der Waals surface area contributed by atoms with Gasteiger partial charge in [0.2, 0.25) is 0 Å². The summed E-state index contributed by atoms with van der Waals surface area (Å²) in [5.74, 6) is -0.312. The van der Waals surface area contributed by atoms with Gasteiger partial charge in [-0.25, -0.2) is 0 Å². The van der Waals surface area contributed by atoms with Crippen molar-refractivity contribution in [2.45, 2.75) is 135 Å². The zero-order valence-electron chi connectivity index (χ0n) is 79.9. The first kappa shape index (κ1) is 119. The molecule has 0 aliphatic heterocycles. The van der Waals surface area contributed by atoms with E-state index in [0.29, 0.717) is 0 Å². The van der Waals surface area contributed by atoms with Crippen molar-refractivity contribution in [1.29, 1.82) is 0 Å². The fourth-order valence-corrected chi connectivity index (χ4v) is 15.9. The second-order valence-corrected chi connectivity index (χ2v) is 35.0. The standard InChI is InChI=1S/C24H18N.C21H18NS.C17H14N.C16H12N.C13H8NS.5C5H8O2.5Ir/c1-24(2)20-9-5-4-8-18(20)19-13-11-17(15-21(19)24)23-14-12-16-7-3-6-10-22(16)25-23;1-21(2,3)15-10-8-14(9-11-15)19-17-12-13-23-20(17)16-6-4-5-7-18(16)22-19;1-12-7-8-15(11-13(12)2)17-16-6-4-3-5-14(16)9-10-18-17;1-12-10-13-6-2-3-7-14(13)11-15(12)16-8-4-5-9-17-16;1-2-4-10(5-3-1)13-11-7-9-15-12(11)6-8-14-13;5*1-4(6)3-5(2)7;;;;;/h3-10,12-15H,1-2H3;4-8,10-13H,1-3H3;3-7,9-11H,1-2H3;2-10H,1H3;1-4,6-9H;5*3,6H,1-2H3;;;;;/q5*-1;;;;;;;;;;. The number of hydrogen-bond donors (Lipinski definition) is 5. The zero-order chi connectivity index (χ0) is 96.6. The van der Waals surface area contributed by atoms with E-state index in [1.807, 2.05) is 104 Å². The minimum absolute atomic E-state index is 0. The van der Waals surface area contributed by atoms with Crippen molar-refractivity contribution >= 4 is 115 Å². The number of hydrogen-bond acceptors (Lipinski definition) is 17. The normalized spacial score (nSPS) is 11.4. The molecule has 5 N–H and O–H groups in total. The number of fused-ring (bicyclic) bond motifs is 10. The Morgan fingerprint density at radius 3 is 1.43 bits per heavy atom. The van der Waals surface area contributed by atoms with Crippen LogP contribution in [0.3, 0.4) is 0 Å². The molecule has 0 saturated heterocycles. The third-order valence-corrected chi connectivity index (χ3v) is 22.1. The predicted octanol–water partition coefficient (Wildman–Crippen LogP) is 29.5. The maximum absolute atomic E-state index is 10.0. The molecule has 18 rings (SSSR count). The molecule has 15 nitrogen and oxygen atoms in total. The van der Waals surface area contributed by atoms with Crippen LogP contribution in [-0.2, 0) is 135 Å². The molecule has 0 amide bonds. The van der Waals surface area contributed by atoms with Gasteiger partial charge in [0.1, 0.15) is 0 Å². The number of aliphatic hydroxyl groups excluding tert-OH is 5. The topological polar surface area (TPSA) is 251 Å². The van der Waals surface area contributed by atoms with Gasteiger partial charge in [-0.05, 0) is 176 Å². The summed E-state index contributed by atoms with van der Waals surface area (Å²) < 4.78 is 2.58. The number of pyridine rings is 5. The number of ketones is 5. The van der Waals surface area contributed by atoms with Gasteiger partial charge in [0.25, 0.3) is 0 Å². The van der Waals surface area contributed by atoms with Crippen LogP contribution in [0.15, 0.2) is 337 Å². The first-order valence-electron chi connectivity index (χ1n) is 43.0. The monoisotopic (exact) mass is 2760 g/mol. The van der Waals surface area contributed by atoms with Gasteiger partial charge in [0.15, 0.2) is 28.9 Å². The van der Waals surface area contributed by atoms with Crippen LogP contribution in [0.1, 0.15) is 137 Å². The number of thiophene rings is 2. The Balaban J connectivity index is 0.000000331. The molecule has 7 heterocycles. The summed E-state index contributed by atoms with van der Waals surface area (Å²) in [6.45, 7) is 31.8. The van der Waals surface area contributed by atoms with Gasteiger partial charge in [-0.15, -0.1) is 187 Å². The van der Waals surface area contributed by atoms with Gasteiger partial charge < -0.3 is 35.5 Å². The summed E-state index contributed by atoms with van der Waals surface area (Å²) in [5, 5.41) is 55.6. The quantitative estimate of drug-likeness (QED) is 0.0485. The van der Waals surface area contributed by atoms with Gasteiger partial charge in [0.05, 0.1) is 39.8 Å². The predicted molar refractivity (Wildman–Crippen MR) is 549 cm³/mol. The van der Waals surface area contributed by atoms with Gasteiger partial charge in [-0.3, -0.25) is 38.9 Å². The summed E-state index contributed by atoms with van der Waals surface area (Å²) in [5.41, 5.74) is 23.0. The first-order chi connectivity index (χ1) is 63.4. The fourth-order valence-electron chi connectivity index (χ4n) is 14.2. The average Bonchev–Trinajstić information content (AvgIpc) is 1.58. The van der Waals surface area contributed by atoms with E-state index in [-0.39, 0.29) is 169 Å². The molecular formula is C116H110Ir5N5O10S2-5. The summed E-state index contributed by atoms with van der Waals surface area (Å²) >= 11 is 3.52. The van der Waals surface area contributed by atoms with Crippen LogP contribution in [0.2, 0.25) is 0 Å². The molecule has 0 spiro atoms. The van der Waals surface area contributed by atoms with Crippen molar-refractivity contribution < 1.29 is 150 Å². The van der Waals surface area contributed by atoms with Crippen molar-refractivity contribution in [3.8, 4) is 67.4 Å². The Labute approximate surface area is 885 Å². The number of rotatable bonds is 10. The van der Waals surface area contributed by atoms with E-state index in [1.54, 1.807) is 22.7 Å². The number of allylic oxidation sites excluding steroid dienone is 10. The Morgan fingerprint density at radius 1 is 0.362 bits per heavy atom. The van der Waals surface area contributed by atoms with Crippen molar-refractivity contribution in [2.24, 2.45) is 0 Å². The number of benzene rings is 10. The smallest absolute Gasteiger partial charge is 0.155 e. The Morgan fingerprint density at radius 2 is 0.870 bits per heavy atom. The Kier molecular flexibility index (Phi) is 49.4. The van der Waals surface area contributed by atoms with Crippen molar-refractivity contribution in [3.05, 3.63) is 401 Å². The number of aliphatic hydroxyl groups is 5. The fraction of sp³-hybridized carbons (Fsp3) is 0.172. The molecule has 5 radical (unpaired) electrons. The summed E-state index contributed by atoms with van der Waals surface area (Å²) in [7, 11) is 0. The van der Waals surface area contributed by atoms with E-state index >= 15 is 0 Å². The number of carbonyl (C=O) groups is 5. The van der Waals surface area contributed by atoms with E-state index in [1.165, 1.54) is 191 Å². The summed E-state index contributed by atoms with van der Waals surface area (Å²) in [4.78, 5) is 73.2. The van der Waals surface area contributed by atoms with Gasteiger partial charge in [0, 0.05) is 170 Å². The van der Waals surface area contributed by atoms with Crippen molar-refractivity contribution in [2.75, 3.05) is 0 Å². The Bertz CT molecular complexity index is 6940. The average molecular weight is 2760 g/mol. The second kappa shape index (κ2) is 57.5. The maximum Gasteiger partial charge on any atom is 0.155 e. The van der Waals surface area contributed by atoms with Crippen LogP contribution in [0.25, 0.3) is 131 Å². The third-order valence-electron chi connectivity index (χ3n) is 20.3. The molecule has 22 heteroatoms. The number of para-hydroxylation sites is 2. The largest absolute Gasteiger partial charge is 0.512 e. The molecule has 0 fully saturated rings. The summed E-state index contributed by atoms with van der Waals surface area (Å²) in [6, 6.07) is 103. The SMILES string of the molecule is CC(=O)C=C(C)O.CC(=O)C=C(C)O.CC(=O)C=C(C)O.CC(=O)C=C(C)O.CC(=O)C=C(C)O.CC(C)(C)c1c[c-]c(-c2nc3ccccc3c3sccc23)cc1.CC1(C)c2ccccc2-c2c[c-]c(-c3ccc4ccccc4n3)cc21.Cc1c[c-]c(-c2nccc3ccccc23)cc1C.Cc1cc2ccccc2[c-]c1-c1ccccn1.[Ir].[Ir].[Ir].[Ir].[Ir].[c-]1ccccc1-c1nccc2sccc12. The van der Waals surface area contributed by atoms with Crippen LogP contribution in [0, 0.1) is 51.1 Å². The van der Waals surface area contributed by atoms with Crippen molar-refractivity contribution in [3.63, 3.8) is 0 Å². The zero-order valence-corrected chi connectivity index (χ0v) is 93.5. The number of aryl methyl sites for hydroxylation is 3. The number of aromatic nitrogens is 5. The molecule has 17 aromatic rings. The van der Waals surface area contributed by atoms with Crippen LogP contribution in [-0.4, -0.2) is 79.4 Å².